The van der Waals surface area contributed by atoms with Gasteiger partial charge in [0, 0.05) is 0 Å². The van der Waals surface area contributed by atoms with Crippen LogP contribution in [0, 0.1) is 0 Å². The maximum Gasteiger partial charge on any atom is -0.0350 e. The quantitative estimate of drug-likeness (QED) is 0.0546. The molecule has 224 valence electrons. The minimum atomic E-state index is 1.26. The van der Waals surface area contributed by atoms with Crippen LogP contribution in [0.25, 0.3) is 0 Å². The fraction of sp³-hybridized carbons (Fsp3) is 1.00. The minimum Gasteiger partial charge on any atom is -0.122 e. The molecule has 0 aromatic carbocycles. The average Bonchev–Trinajstić information content (AvgIpc) is 2.91. The van der Waals surface area contributed by atoms with E-state index in [4.69, 9.17) is 0 Å². The Balaban J connectivity index is 3.00. The lowest BCUT2D eigenvalue weighted by Gasteiger charge is -2.05. The summed E-state index contributed by atoms with van der Waals surface area (Å²) in [6.07, 6.45) is 49.1. The molecule has 37 heavy (non-hydrogen) atoms. The minimum absolute atomic E-state index is 1.26. The van der Waals surface area contributed by atoms with Crippen molar-refractivity contribution in [1.82, 2.24) is 0 Å². The first-order chi connectivity index (χ1) is 18.4. The van der Waals surface area contributed by atoms with Crippen molar-refractivity contribution >= 4 is 17.2 Å². The lowest BCUT2D eigenvalue weighted by Crippen LogP contribution is -1.87. The number of rotatable bonds is 34. The molecule has 0 radical (unpaired) electrons. The third kappa shape index (κ3) is 36.9. The highest BCUT2D eigenvalue weighted by molar-refractivity contribution is 7.39. The highest BCUT2D eigenvalue weighted by Gasteiger charge is 1.97. The summed E-state index contributed by atoms with van der Waals surface area (Å²) in [5.74, 6) is 0. The zero-order chi connectivity index (χ0) is 26.7. The van der Waals surface area contributed by atoms with Crippen LogP contribution in [0.5, 0.6) is 0 Å². The summed E-state index contributed by atoms with van der Waals surface area (Å²) in [4.78, 5) is 0. The van der Waals surface area contributed by atoms with Gasteiger partial charge in [-0.1, -0.05) is 181 Å². The summed E-state index contributed by atoms with van der Waals surface area (Å²) in [7, 11) is 2.52. The van der Waals surface area contributed by atoms with Gasteiger partial charge < -0.3 is 0 Å². The van der Waals surface area contributed by atoms with Crippen LogP contribution in [0.4, 0.5) is 0 Å². The molecule has 0 aliphatic heterocycles. The van der Waals surface area contributed by atoms with E-state index in [1.165, 1.54) is 228 Å². The van der Waals surface area contributed by atoms with Crippen molar-refractivity contribution in [1.29, 1.82) is 0 Å². The van der Waals surface area contributed by atoms with E-state index in [1.54, 1.807) is 0 Å². The van der Waals surface area contributed by atoms with Gasteiger partial charge in [0.05, 0.1) is 0 Å². The van der Waals surface area contributed by atoms with Crippen LogP contribution < -0.4 is 0 Å². The summed E-state index contributed by atoms with van der Waals surface area (Å²) in [5, 5.41) is 0. The Labute approximate surface area is 241 Å². The van der Waals surface area contributed by atoms with Crippen LogP contribution in [-0.4, -0.2) is 24.6 Å². The number of hydrogen-bond donors (Lipinski definition) is 0. The van der Waals surface area contributed by atoms with E-state index in [0.29, 0.717) is 0 Å². The van der Waals surface area contributed by atoms with Crippen LogP contribution in [-0.2, 0) is 0 Å². The Kier molecular flexibility index (Phi) is 37.7. The molecule has 0 saturated carbocycles. The molecule has 2 atom stereocenters. The fourth-order valence-electron chi connectivity index (χ4n) is 5.48. The highest BCUT2D eigenvalue weighted by Crippen LogP contribution is 2.21. The predicted octanol–water partition coefficient (Wildman–Crippen LogP) is 13.7. The molecule has 0 rings (SSSR count). The van der Waals surface area contributed by atoms with Crippen LogP contribution in [0.3, 0.4) is 0 Å². The Morgan fingerprint density at radius 1 is 0.216 bits per heavy atom. The second-order valence-corrected chi connectivity index (χ2v) is 15.0. The van der Waals surface area contributed by atoms with Gasteiger partial charge in [-0.15, -0.1) is 17.2 Å². The highest BCUT2D eigenvalue weighted by atomic mass is 31.1. The van der Waals surface area contributed by atoms with E-state index >= 15 is 0 Å². The van der Waals surface area contributed by atoms with Gasteiger partial charge >= 0.3 is 0 Å². The third-order valence-electron chi connectivity index (χ3n) is 8.12. The van der Waals surface area contributed by atoms with Crippen molar-refractivity contribution in [2.24, 2.45) is 0 Å². The molecule has 0 aliphatic carbocycles. The molecule has 0 fully saturated rings. The summed E-state index contributed by atoms with van der Waals surface area (Å²) >= 11 is 0. The molecule has 0 saturated heterocycles. The van der Waals surface area contributed by atoms with Crippen molar-refractivity contribution in [2.45, 2.75) is 200 Å². The normalized spacial score (nSPS) is 12.2. The third-order valence-corrected chi connectivity index (χ3v) is 10.9. The summed E-state index contributed by atoms with van der Waals surface area (Å²) < 4.78 is 0. The van der Waals surface area contributed by atoms with Gasteiger partial charge in [-0.2, -0.15) is 0 Å². The van der Waals surface area contributed by atoms with Crippen LogP contribution >= 0.6 is 17.2 Å². The standard InChI is InChI=1S/C35H74P2/c1-3-5-7-9-11-13-15-17-19-21-23-25-27-29-32-36-34-31-35-37-33-30-28-26-24-22-20-18-16-14-12-10-8-6-4-2/h36-37H,3-35H2,1-2H3. The SMILES string of the molecule is CCCCCCCCCCCCCCCCPCCCPCCCCCCCCCCCCCCCC. The first kappa shape index (κ1) is 37.9. The molecule has 0 N–H and O–H groups in total. The summed E-state index contributed by atoms with van der Waals surface area (Å²) in [6.45, 7) is 4.62. The molecule has 0 heterocycles. The van der Waals surface area contributed by atoms with E-state index in [1.807, 2.05) is 0 Å². The maximum absolute atomic E-state index is 2.31. The molecule has 0 bridgehead atoms. The zero-order valence-electron chi connectivity index (χ0n) is 26.3. The molecular weight excluding hydrogens is 482 g/mol. The molecule has 2 unspecified atom stereocenters. The Bertz CT molecular complexity index is 336. The second kappa shape index (κ2) is 36.9. The van der Waals surface area contributed by atoms with Gasteiger partial charge in [-0.25, -0.2) is 0 Å². The van der Waals surface area contributed by atoms with Crippen LogP contribution in [0.1, 0.15) is 200 Å². The number of hydrogen-bond acceptors (Lipinski definition) is 0. The molecule has 0 aliphatic rings. The first-order valence-electron chi connectivity index (χ1n) is 17.8. The smallest absolute Gasteiger partial charge is 0.0350 e. The van der Waals surface area contributed by atoms with Gasteiger partial charge in [0.2, 0.25) is 0 Å². The van der Waals surface area contributed by atoms with E-state index in [0.717, 1.165) is 0 Å². The van der Waals surface area contributed by atoms with E-state index in [2.05, 4.69) is 13.8 Å². The Morgan fingerprint density at radius 3 is 0.649 bits per heavy atom. The molecule has 2 heteroatoms. The molecule has 0 aromatic heterocycles. The molecular formula is C35H74P2. The van der Waals surface area contributed by atoms with Gasteiger partial charge in [0.15, 0.2) is 0 Å². The molecule has 0 spiro atoms. The Hall–Kier alpha value is 0.860. The predicted molar refractivity (Wildman–Crippen MR) is 181 cm³/mol. The first-order valence-corrected chi connectivity index (χ1v) is 20.7. The molecule has 0 amide bonds. The lowest BCUT2D eigenvalue weighted by atomic mass is 10.0. The topological polar surface area (TPSA) is 0 Å². The van der Waals surface area contributed by atoms with Crippen molar-refractivity contribution in [3.63, 3.8) is 0 Å². The monoisotopic (exact) mass is 557 g/mol. The van der Waals surface area contributed by atoms with Gasteiger partial charge in [0.1, 0.15) is 0 Å². The molecule has 0 nitrogen and oxygen atoms in total. The van der Waals surface area contributed by atoms with Crippen LogP contribution in [0.15, 0.2) is 0 Å². The van der Waals surface area contributed by atoms with E-state index in [9.17, 15) is 0 Å². The van der Waals surface area contributed by atoms with Crippen molar-refractivity contribution in [3.05, 3.63) is 0 Å². The molecule has 0 aromatic rings. The fourth-order valence-corrected chi connectivity index (χ4v) is 8.18. The van der Waals surface area contributed by atoms with Crippen molar-refractivity contribution < 1.29 is 0 Å². The van der Waals surface area contributed by atoms with E-state index < -0.39 is 0 Å². The van der Waals surface area contributed by atoms with Gasteiger partial charge in [-0.05, 0) is 43.9 Å². The largest absolute Gasteiger partial charge is 0.122 e. The average molecular weight is 557 g/mol. The number of unbranched alkanes of at least 4 members (excludes halogenated alkanes) is 26. The van der Waals surface area contributed by atoms with E-state index in [-0.39, 0.29) is 0 Å². The summed E-state index contributed by atoms with van der Waals surface area (Å²) in [5.41, 5.74) is 0. The Morgan fingerprint density at radius 2 is 0.405 bits per heavy atom. The lowest BCUT2D eigenvalue weighted by molar-refractivity contribution is 0.538. The second-order valence-electron chi connectivity index (χ2n) is 12.0. The maximum atomic E-state index is 2.31. The summed E-state index contributed by atoms with van der Waals surface area (Å²) in [6, 6.07) is 0. The van der Waals surface area contributed by atoms with Gasteiger partial charge in [0.25, 0.3) is 0 Å². The zero-order valence-corrected chi connectivity index (χ0v) is 28.3. The van der Waals surface area contributed by atoms with Crippen LogP contribution in [0.2, 0.25) is 0 Å². The van der Waals surface area contributed by atoms with Gasteiger partial charge in [-0.3, -0.25) is 0 Å². The van der Waals surface area contributed by atoms with Crippen molar-refractivity contribution in [2.75, 3.05) is 24.6 Å². The van der Waals surface area contributed by atoms with Crippen molar-refractivity contribution in [3.8, 4) is 0 Å².